The summed E-state index contributed by atoms with van der Waals surface area (Å²) in [6.45, 7) is 4.15. The van der Waals surface area contributed by atoms with E-state index in [9.17, 15) is 0 Å². The van der Waals surface area contributed by atoms with Crippen molar-refractivity contribution in [2.24, 2.45) is 5.73 Å². The number of hydrogen-bond acceptors (Lipinski definition) is 2. The Bertz CT molecular complexity index is 321. The van der Waals surface area contributed by atoms with E-state index in [-0.39, 0.29) is 5.17 Å². The molecule has 0 radical (unpaired) electrons. The van der Waals surface area contributed by atoms with E-state index < -0.39 is 0 Å². The van der Waals surface area contributed by atoms with E-state index in [4.69, 9.17) is 11.1 Å². The Labute approximate surface area is 83.0 Å². The van der Waals surface area contributed by atoms with Crippen LogP contribution in [0.15, 0.2) is 18.2 Å². The Kier molecular flexibility index (Phi) is 3.37. The number of benzene rings is 1. The normalized spacial score (nSPS) is 10.0. The summed E-state index contributed by atoms with van der Waals surface area (Å²) < 4.78 is 0. The van der Waals surface area contributed by atoms with Crippen LogP contribution in [0.25, 0.3) is 0 Å². The van der Waals surface area contributed by atoms with Gasteiger partial charge in [-0.2, -0.15) is 0 Å². The third kappa shape index (κ3) is 3.11. The van der Waals surface area contributed by atoms with Gasteiger partial charge in [-0.05, 0) is 25.0 Å². The smallest absolute Gasteiger partial charge is 0.151 e. The summed E-state index contributed by atoms with van der Waals surface area (Å²) in [5, 5.41) is 7.29. The number of hydrogen-bond donors (Lipinski definition) is 2. The van der Waals surface area contributed by atoms with Gasteiger partial charge in [0.05, 0.1) is 0 Å². The van der Waals surface area contributed by atoms with Gasteiger partial charge in [0.1, 0.15) is 0 Å². The van der Waals surface area contributed by atoms with Crippen molar-refractivity contribution in [1.82, 2.24) is 0 Å². The molecule has 1 rings (SSSR count). The van der Waals surface area contributed by atoms with Gasteiger partial charge in [-0.1, -0.05) is 35.5 Å². The topological polar surface area (TPSA) is 49.9 Å². The average Bonchev–Trinajstić information content (AvgIpc) is 2.06. The van der Waals surface area contributed by atoms with Crippen molar-refractivity contribution in [1.29, 1.82) is 5.41 Å². The van der Waals surface area contributed by atoms with Crippen LogP contribution in [0, 0.1) is 19.3 Å². The van der Waals surface area contributed by atoms with Gasteiger partial charge in [0.2, 0.25) is 0 Å². The average molecular weight is 194 g/mol. The third-order valence-electron chi connectivity index (χ3n) is 1.89. The minimum Gasteiger partial charge on any atom is -0.379 e. The minimum absolute atomic E-state index is 0.181. The highest BCUT2D eigenvalue weighted by Crippen LogP contribution is 2.16. The van der Waals surface area contributed by atoms with Crippen LogP contribution in [0.4, 0.5) is 0 Å². The molecule has 0 unspecified atom stereocenters. The van der Waals surface area contributed by atoms with Crippen LogP contribution < -0.4 is 5.73 Å². The van der Waals surface area contributed by atoms with Crippen LogP contribution in [-0.4, -0.2) is 5.17 Å². The Morgan fingerprint density at radius 2 is 2.15 bits per heavy atom. The van der Waals surface area contributed by atoms with E-state index >= 15 is 0 Å². The van der Waals surface area contributed by atoms with E-state index in [0.29, 0.717) is 0 Å². The van der Waals surface area contributed by atoms with Crippen LogP contribution in [0.2, 0.25) is 0 Å². The molecular weight excluding hydrogens is 180 g/mol. The van der Waals surface area contributed by atoms with Crippen molar-refractivity contribution in [3.63, 3.8) is 0 Å². The van der Waals surface area contributed by atoms with Gasteiger partial charge in [-0.15, -0.1) is 0 Å². The molecule has 1 aromatic rings. The molecule has 3 N–H and O–H groups in total. The van der Waals surface area contributed by atoms with Crippen LogP contribution in [-0.2, 0) is 5.75 Å². The summed E-state index contributed by atoms with van der Waals surface area (Å²) in [6.07, 6.45) is 0. The van der Waals surface area contributed by atoms with E-state index in [0.717, 1.165) is 5.75 Å². The molecule has 0 aliphatic rings. The van der Waals surface area contributed by atoms with Gasteiger partial charge in [-0.3, -0.25) is 5.41 Å². The summed E-state index contributed by atoms with van der Waals surface area (Å²) in [5.41, 5.74) is 9.06. The summed E-state index contributed by atoms with van der Waals surface area (Å²) in [6, 6.07) is 6.34. The van der Waals surface area contributed by atoms with Crippen LogP contribution in [0.1, 0.15) is 16.7 Å². The largest absolute Gasteiger partial charge is 0.379 e. The zero-order valence-electron chi connectivity index (χ0n) is 7.92. The van der Waals surface area contributed by atoms with Gasteiger partial charge in [0, 0.05) is 5.75 Å². The highest BCUT2D eigenvalue weighted by Gasteiger charge is 1.99. The Hall–Kier alpha value is -0.960. The van der Waals surface area contributed by atoms with Crippen molar-refractivity contribution in [3.8, 4) is 0 Å². The van der Waals surface area contributed by atoms with Crippen molar-refractivity contribution in [2.45, 2.75) is 19.6 Å². The fourth-order valence-electron chi connectivity index (χ4n) is 1.11. The molecule has 0 bridgehead atoms. The molecule has 13 heavy (non-hydrogen) atoms. The number of thioether (sulfide) groups is 1. The van der Waals surface area contributed by atoms with E-state index in [1.807, 2.05) is 0 Å². The Morgan fingerprint density at radius 1 is 1.46 bits per heavy atom. The molecule has 0 amide bonds. The minimum atomic E-state index is 0.181. The van der Waals surface area contributed by atoms with Gasteiger partial charge >= 0.3 is 0 Å². The number of nitrogens with two attached hydrogens (primary N) is 1. The predicted molar refractivity (Wildman–Crippen MR) is 59.1 cm³/mol. The molecule has 0 aliphatic heterocycles. The molecule has 0 spiro atoms. The zero-order valence-corrected chi connectivity index (χ0v) is 8.74. The maximum Gasteiger partial charge on any atom is 0.151 e. The van der Waals surface area contributed by atoms with Crippen LogP contribution >= 0.6 is 11.8 Å². The van der Waals surface area contributed by atoms with Crippen molar-refractivity contribution in [3.05, 3.63) is 34.9 Å². The molecule has 0 heterocycles. The predicted octanol–water partition coefficient (Wildman–Crippen LogP) is 2.43. The lowest BCUT2D eigenvalue weighted by Crippen LogP contribution is -2.04. The van der Waals surface area contributed by atoms with Gasteiger partial charge in [0.25, 0.3) is 0 Å². The first-order chi connectivity index (χ1) is 6.09. The molecular formula is C10H14N2S. The lowest BCUT2D eigenvalue weighted by Gasteiger charge is -2.05. The quantitative estimate of drug-likeness (QED) is 0.561. The SMILES string of the molecule is Cc1ccc(C)c(CSC(=N)N)c1. The second-order valence-corrected chi connectivity index (χ2v) is 4.10. The molecule has 70 valence electrons. The van der Waals surface area contributed by atoms with Crippen LogP contribution in [0.3, 0.4) is 0 Å². The summed E-state index contributed by atoms with van der Waals surface area (Å²) in [4.78, 5) is 0. The zero-order chi connectivity index (χ0) is 9.84. The van der Waals surface area contributed by atoms with Crippen molar-refractivity contribution >= 4 is 16.9 Å². The number of rotatable bonds is 2. The number of nitrogens with one attached hydrogen (secondary N) is 1. The molecule has 0 aromatic heterocycles. The molecule has 0 saturated carbocycles. The fraction of sp³-hybridized carbons (Fsp3) is 0.300. The Morgan fingerprint density at radius 3 is 2.77 bits per heavy atom. The summed E-state index contributed by atoms with van der Waals surface area (Å²) in [7, 11) is 0. The second kappa shape index (κ2) is 4.33. The molecule has 0 aliphatic carbocycles. The van der Waals surface area contributed by atoms with E-state index in [1.165, 1.54) is 28.5 Å². The highest BCUT2D eigenvalue weighted by atomic mass is 32.2. The highest BCUT2D eigenvalue weighted by molar-refractivity contribution is 8.13. The van der Waals surface area contributed by atoms with Gasteiger partial charge in [-0.25, -0.2) is 0 Å². The molecule has 2 nitrogen and oxygen atoms in total. The lowest BCUT2D eigenvalue weighted by atomic mass is 10.1. The fourth-order valence-corrected chi connectivity index (χ4v) is 1.73. The first-order valence-electron chi connectivity index (χ1n) is 4.12. The molecule has 1 aromatic carbocycles. The molecule has 3 heteroatoms. The number of aryl methyl sites for hydroxylation is 2. The molecule has 0 saturated heterocycles. The van der Waals surface area contributed by atoms with Gasteiger partial charge in [0.15, 0.2) is 5.17 Å². The first kappa shape index (κ1) is 10.1. The van der Waals surface area contributed by atoms with E-state index in [2.05, 4.69) is 32.0 Å². The summed E-state index contributed by atoms with van der Waals surface area (Å²) in [5.74, 6) is 0.794. The van der Waals surface area contributed by atoms with Crippen molar-refractivity contribution < 1.29 is 0 Å². The maximum absolute atomic E-state index is 7.11. The van der Waals surface area contributed by atoms with Gasteiger partial charge < -0.3 is 5.73 Å². The maximum atomic E-state index is 7.11. The molecule has 0 atom stereocenters. The van der Waals surface area contributed by atoms with Crippen LogP contribution in [0.5, 0.6) is 0 Å². The second-order valence-electron chi connectivity index (χ2n) is 3.08. The first-order valence-corrected chi connectivity index (χ1v) is 5.11. The Balaban J connectivity index is 2.75. The van der Waals surface area contributed by atoms with E-state index in [1.54, 1.807) is 0 Å². The van der Waals surface area contributed by atoms with Crippen molar-refractivity contribution in [2.75, 3.05) is 0 Å². The third-order valence-corrected chi connectivity index (χ3v) is 2.65. The number of amidine groups is 1. The summed E-state index contributed by atoms with van der Waals surface area (Å²) >= 11 is 1.37. The lowest BCUT2D eigenvalue weighted by molar-refractivity contribution is 1.28. The molecule has 0 fully saturated rings. The monoisotopic (exact) mass is 194 g/mol. The standard InChI is InChI=1S/C10H14N2S/c1-7-3-4-8(2)9(5-7)6-13-10(11)12/h3-5H,6H2,1-2H3,(H3,11,12).